The predicted molar refractivity (Wildman–Crippen MR) is 98.2 cm³/mol. The molecule has 1 aromatic carbocycles. The van der Waals surface area contributed by atoms with Gasteiger partial charge in [0, 0.05) is 35.2 Å². The van der Waals surface area contributed by atoms with Gasteiger partial charge in [-0.05, 0) is 52.0 Å². The van der Waals surface area contributed by atoms with Crippen molar-refractivity contribution in [3.05, 3.63) is 42.7 Å². The Balaban J connectivity index is 2.10. The van der Waals surface area contributed by atoms with Gasteiger partial charge in [-0.15, -0.1) is 0 Å². The average molecular weight is 322 g/mol. The summed E-state index contributed by atoms with van der Waals surface area (Å²) in [5, 5.41) is 4.91. The Morgan fingerprint density at radius 3 is 2.29 bits per heavy atom. The van der Waals surface area contributed by atoms with E-state index in [2.05, 4.69) is 15.3 Å². The van der Waals surface area contributed by atoms with E-state index in [1.807, 2.05) is 62.9 Å². The maximum Gasteiger partial charge on any atom is 0.322 e. The summed E-state index contributed by atoms with van der Waals surface area (Å²) in [6.45, 7) is 8.07. The number of benzene rings is 1. The van der Waals surface area contributed by atoms with Gasteiger partial charge in [0.2, 0.25) is 0 Å². The Hall–Kier alpha value is -2.69. The van der Waals surface area contributed by atoms with E-state index in [0.717, 1.165) is 27.5 Å². The van der Waals surface area contributed by atoms with E-state index in [1.165, 1.54) is 0 Å². The molecule has 0 aliphatic rings. The highest BCUT2D eigenvalue weighted by Gasteiger charge is 2.21. The molecule has 3 aromatic rings. The molecule has 0 aliphatic heterocycles. The lowest BCUT2D eigenvalue weighted by atomic mass is 10.1. The number of fused-ring (bicyclic) bond motifs is 3. The zero-order chi connectivity index (χ0) is 17.3. The molecule has 124 valence electrons. The van der Waals surface area contributed by atoms with E-state index >= 15 is 0 Å². The molecule has 5 heteroatoms. The number of hydrogen-bond donors (Lipinski definition) is 1. The topological polar surface area (TPSA) is 58.1 Å². The summed E-state index contributed by atoms with van der Waals surface area (Å²) in [6.07, 6.45) is 3.50. The molecule has 0 fully saturated rings. The van der Waals surface area contributed by atoms with Crippen LogP contribution in [0.15, 0.2) is 42.7 Å². The number of urea groups is 1. The number of anilines is 1. The van der Waals surface area contributed by atoms with Crippen LogP contribution < -0.4 is 5.32 Å². The van der Waals surface area contributed by atoms with Gasteiger partial charge in [0.05, 0.1) is 16.7 Å². The average Bonchev–Trinajstić information content (AvgIpc) is 2.54. The van der Waals surface area contributed by atoms with Crippen LogP contribution in [0.2, 0.25) is 0 Å². The van der Waals surface area contributed by atoms with Gasteiger partial charge in [0.25, 0.3) is 0 Å². The van der Waals surface area contributed by atoms with Crippen LogP contribution in [0.1, 0.15) is 27.7 Å². The highest BCUT2D eigenvalue weighted by molar-refractivity contribution is 6.11. The SMILES string of the molecule is CC(C)N(C(=O)Nc1cc2cccnc2c2ncccc12)C(C)C. The van der Waals surface area contributed by atoms with Gasteiger partial charge in [-0.1, -0.05) is 6.07 Å². The number of amides is 2. The number of aromatic nitrogens is 2. The summed E-state index contributed by atoms with van der Waals surface area (Å²) < 4.78 is 0. The highest BCUT2D eigenvalue weighted by atomic mass is 16.2. The first-order valence-corrected chi connectivity index (χ1v) is 8.21. The first kappa shape index (κ1) is 16.2. The number of carbonyl (C=O) groups is 1. The molecule has 2 amide bonds. The number of pyridine rings is 2. The van der Waals surface area contributed by atoms with E-state index in [1.54, 1.807) is 12.4 Å². The largest absolute Gasteiger partial charge is 0.322 e. The quantitative estimate of drug-likeness (QED) is 0.726. The first-order valence-electron chi connectivity index (χ1n) is 8.21. The van der Waals surface area contributed by atoms with Crippen molar-refractivity contribution in [1.29, 1.82) is 0 Å². The second kappa shape index (κ2) is 6.43. The maximum atomic E-state index is 12.8. The van der Waals surface area contributed by atoms with Crippen molar-refractivity contribution in [3.8, 4) is 0 Å². The monoisotopic (exact) mass is 322 g/mol. The van der Waals surface area contributed by atoms with Gasteiger partial charge in [-0.3, -0.25) is 9.97 Å². The van der Waals surface area contributed by atoms with E-state index in [4.69, 9.17) is 0 Å². The van der Waals surface area contributed by atoms with Crippen LogP contribution in [0, 0.1) is 0 Å². The molecule has 24 heavy (non-hydrogen) atoms. The van der Waals surface area contributed by atoms with Crippen molar-refractivity contribution in [2.75, 3.05) is 5.32 Å². The zero-order valence-electron chi connectivity index (χ0n) is 14.4. The van der Waals surface area contributed by atoms with Gasteiger partial charge < -0.3 is 10.2 Å². The smallest absolute Gasteiger partial charge is 0.320 e. The van der Waals surface area contributed by atoms with Gasteiger partial charge in [-0.25, -0.2) is 4.79 Å². The first-order chi connectivity index (χ1) is 11.5. The second-order valence-corrected chi connectivity index (χ2v) is 6.42. The van der Waals surface area contributed by atoms with E-state index < -0.39 is 0 Å². The number of nitrogens with one attached hydrogen (secondary N) is 1. The summed E-state index contributed by atoms with van der Waals surface area (Å²) >= 11 is 0. The lowest BCUT2D eigenvalue weighted by Crippen LogP contribution is -2.44. The Bertz CT molecular complexity index is 881. The minimum atomic E-state index is -0.103. The molecule has 2 heterocycles. The molecule has 0 saturated heterocycles. The second-order valence-electron chi connectivity index (χ2n) is 6.42. The normalized spacial score (nSPS) is 11.4. The van der Waals surface area contributed by atoms with Crippen molar-refractivity contribution < 1.29 is 4.79 Å². The molecule has 0 spiro atoms. The third-order valence-electron chi connectivity index (χ3n) is 4.05. The zero-order valence-corrected chi connectivity index (χ0v) is 14.4. The molecule has 5 nitrogen and oxygen atoms in total. The van der Waals surface area contributed by atoms with Crippen LogP contribution in [0.5, 0.6) is 0 Å². The minimum Gasteiger partial charge on any atom is -0.320 e. The molecule has 3 rings (SSSR count). The molecular weight excluding hydrogens is 300 g/mol. The fraction of sp³-hybridized carbons (Fsp3) is 0.316. The number of rotatable bonds is 3. The summed E-state index contributed by atoms with van der Waals surface area (Å²) in [5.41, 5.74) is 2.40. The van der Waals surface area contributed by atoms with Crippen molar-refractivity contribution in [2.45, 2.75) is 39.8 Å². The maximum absolute atomic E-state index is 12.8. The lowest BCUT2D eigenvalue weighted by Gasteiger charge is -2.31. The highest BCUT2D eigenvalue weighted by Crippen LogP contribution is 2.29. The van der Waals surface area contributed by atoms with Gasteiger partial charge in [0.15, 0.2) is 0 Å². The van der Waals surface area contributed by atoms with E-state index in [0.29, 0.717) is 0 Å². The molecule has 0 unspecified atom stereocenters. The summed E-state index contributed by atoms with van der Waals surface area (Å²) in [5.74, 6) is 0. The van der Waals surface area contributed by atoms with Crippen molar-refractivity contribution >= 4 is 33.5 Å². The third kappa shape index (κ3) is 2.89. The number of nitrogens with zero attached hydrogens (tertiary/aromatic N) is 3. The lowest BCUT2D eigenvalue weighted by molar-refractivity contribution is 0.178. The molecule has 0 bridgehead atoms. The van der Waals surface area contributed by atoms with E-state index in [9.17, 15) is 4.79 Å². The van der Waals surface area contributed by atoms with Crippen molar-refractivity contribution in [3.63, 3.8) is 0 Å². The van der Waals surface area contributed by atoms with Crippen LogP contribution in [0.3, 0.4) is 0 Å². The minimum absolute atomic E-state index is 0.103. The summed E-state index contributed by atoms with van der Waals surface area (Å²) in [4.78, 5) is 23.5. The molecule has 2 aromatic heterocycles. The summed E-state index contributed by atoms with van der Waals surface area (Å²) in [7, 11) is 0. The van der Waals surface area contributed by atoms with Crippen LogP contribution in [0.25, 0.3) is 21.8 Å². The fourth-order valence-electron chi connectivity index (χ4n) is 3.13. The molecule has 0 atom stereocenters. The standard InChI is InChI=1S/C19H22N4O/c1-12(2)23(13(3)4)19(24)22-16-11-14-7-5-9-20-17(14)18-15(16)8-6-10-21-18/h5-13H,1-4H3,(H,22,24). The van der Waals surface area contributed by atoms with Crippen molar-refractivity contribution in [2.24, 2.45) is 0 Å². The fourth-order valence-corrected chi connectivity index (χ4v) is 3.13. The Kier molecular flexibility index (Phi) is 4.34. The molecule has 1 N–H and O–H groups in total. The van der Waals surface area contributed by atoms with E-state index in [-0.39, 0.29) is 18.1 Å². The van der Waals surface area contributed by atoms with Crippen LogP contribution in [-0.4, -0.2) is 33.0 Å². The molecule has 0 aliphatic carbocycles. The Labute approximate surface area is 141 Å². The van der Waals surface area contributed by atoms with Crippen molar-refractivity contribution in [1.82, 2.24) is 14.9 Å². The summed E-state index contributed by atoms with van der Waals surface area (Å²) in [6, 6.07) is 9.80. The van der Waals surface area contributed by atoms with Gasteiger partial charge in [-0.2, -0.15) is 0 Å². The Morgan fingerprint density at radius 2 is 1.62 bits per heavy atom. The number of carbonyl (C=O) groups excluding carboxylic acids is 1. The molecule has 0 radical (unpaired) electrons. The van der Waals surface area contributed by atoms with Gasteiger partial charge in [0.1, 0.15) is 0 Å². The third-order valence-corrected chi connectivity index (χ3v) is 4.05. The molecular formula is C19H22N4O. The van der Waals surface area contributed by atoms with Crippen LogP contribution in [0.4, 0.5) is 10.5 Å². The Morgan fingerprint density at radius 1 is 1.00 bits per heavy atom. The molecule has 0 saturated carbocycles. The van der Waals surface area contributed by atoms with Gasteiger partial charge >= 0.3 is 6.03 Å². The van der Waals surface area contributed by atoms with Crippen LogP contribution >= 0.6 is 0 Å². The number of hydrogen-bond acceptors (Lipinski definition) is 3. The van der Waals surface area contributed by atoms with Crippen LogP contribution in [-0.2, 0) is 0 Å². The predicted octanol–water partition coefficient (Wildman–Crippen LogP) is 4.43.